The molecule has 0 aromatic heterocycles. The van der Waals surface area contributed by atoms with E-state index in [0.29, 0.717) is 5.33 Å². The smallest absolute Gasteiger partial charge is 0.266 e. The van der Waals surface area contributed by atoms with Crippen molar-refractivity contribution < 1.29 is 9.53 Å². The van der Waals surface area contributed by atoms with Gasteiger partial charge in [-0.2, -0.15) is 0 Å². The van der Waals surface area contributed by atoms with Crippen molar-refractivity contribution in [1.29, 1.82) is 0 Å². The van der Waals surface area contributed by atoms with Gasteiger partial charge in [-0.05, 0) is 12.1 Å². The first-order chi connectivity index (χ1) is 6.31. The SMILES string of the molecule is O=C1Nc2ccccc2OC1CBr. The lowest BCUT2D eigenvalue weighted by Gasteiger charge is -2.24. The Balaban J connectivity index is 2.33. The molecule has 1 atom stereocenters. The van der Waals surface area contributed by atoms with E-state index in [4.69, 9.17) is 4.74 Å². The fraction of sp³-hybridized carbons (Fsp3) is 0.222. The van der Waals surface area contributed by atoms with Gasteiger partial charge in [-0.1, -0.05) is 28.1 Å². The highest BCUT2D eigenvalue weighted by atomic mass is 79.9. The van der Waals surface area contributed by atoms with Crippen LogP contribution >= 0.6 is 15.9 Å². The number of carbonyl (C=O) groups excluding carboxylic acids is 1. The summed E-state index contributed by atoms with van der Waals surface area (Å²) < 4.78 is 5.43. The summed E-state index contributed by atoms with van der Waals surface area (Å²) >= 11 is 3.22. The Kier molecular flexibility index (Phi) is 2.22. The number of carbonyl (C=O) groups is 1. The monoisotopic (exact) mass is 241 g/mol. The third kappa shape index (κ3) is 1.54. The van der Waals surface area contributed by atoms with Crippen molar-refractivity contribution in [3.8, 4) is 5.75 Å². The van der Waals surface area contributed by atoms with Crippen LogP contribution in [0.5, 0.6) is 5.75 Å². The molecule has 1 aliphatic heterocycles. The van der Waals surface area contributed by atoms with Gasteiger partial charge in [-0.25, -0.2) is 0 Å². The molecule has 2 rings (SSSR count). The zero-order chi connectivity index (χ0) is 9.26. The molecule has 4 heteroatoms. The Hall–Kier alpha value is -1.03. The van der Waals surface area contributed by atoms with E-state index in [1.807, 2.05) is 24.3 Å². The molecule has 1 amide bonds. The molecule has 0 saturated heterocycles. The Morgan fingerprint density at radius 2 is 2.23 bits per heavy atom. The van der Waals surface area contributed by atoms with Gasteiger partial charge >= 0.3 is 0 Å². The van der Waals surface area contributed by atoms with Gasteiger partial charge in [0, 0.05) is 5.33 Å². The number of anilines is 1. The van der Waals surface area contributed by atoms with E-state index >= 15 is 0 Å². The number of halogens is 1. The molecule has 1 aromatic rings. The molecule has 1 unspecified atom stereocenters. The second-order valence-corrected chi connectivity index (χ2v) is 3.39. The first kappa shape index (κ1) is 8.56. The summed E-state index contributed by atoms with van der Waals surface area (Å²) in [5, 5.41) is 3.27. The summed E-state index contributed by atoms with van der Waals surface area (Å²) in [6.45, 7) is 0. The summed E-state index contributed by atoms with van der Waals surface area (Å²) in [5.74, 6) is 0.627. The van der Waals surface area contributed by atoms with E-state index in [0.717, 1.165) is 11.4 Å². The normalized spacial score (nSPS) is 20.1. The van der Waals surface area contributed by atoms with Gasteiger partial charge < -0.3 is 10.1 Å². The topological polar surface area (TPSA) is 38.3 Å². The van der Waals surface area contributed by atoms with Crippen molar-refractivity contribution >= 4 is 27.5 Å². The number of nitrogens with one attached hydrogen (secondary N) is 1. The van der Waals surface area contributed by atoms with Crippen LogP contribution in [0.1, 0.15) is 0 Å². The predicted octanol–water partition coefficient (Wildman–Crippen LogP) is 1.78. The van der Waals surface area contributed by atoms with Gasteiger partial charge in [0.05, 0.1) is 5.69 Å². The Labute approximate surface area is 84.2 Å². The Bertz CT molecular complexity index is 340. The molecular formula is C9H8BrNO2. The molecular weight excluding hydrogens is 234 g/mol. The van der Waals surface area contributed by atoms with Gasteiger partial charge in [-0.3, -0.25) is 4.79 Å². The molecule has 0 saturated carbocycles. The van der Waals surface area contributed by atoms with Crippen molar-refractivity contribution in [2.75, 3.05) is 10.6 Å². The summed E-state index contributed by atoms with van der Waals surface area (Å²) in [5.41, 5.74) is 0.740. The quantitative estimate of drug-likeness (QED) is 0.762. The first-order valence-electron chi connectivity index (χ1n) is 3.94. The molecule has 68 valence electrons. The van der Waals surface area contributed by atoms with Gasteiger partial charge in [0.15, 0.2) is 6.10 Å². The highest BCUT2D eigenvalue weighted by Crippen LogP contribution is 2.28. The van der Waals surface area contributed by atoms with Crippen molar-refractivity contribution in [2.24, 2.45) is 0 Å². The minimum absolute atomic E-state index is 0.101. The van der Waals surface area contributed by atoms with E-state index in [2.05, 4.69) is 21.2 Å². The zero-order valence-electron chi connectivity index (χ0n) is 6.79. The number of amides is 1. The van der Waals surface area contributed by atoms with Crippen LogP contribution in [0.4, 0.5) is 5.69 Å². The number of ether oxygens (including phenoxy) is 1. The van der Waals surface area contributed by atoms with Gasteiger partial charge in [0.25, 0.3) is 5.91 Å². The lowest BCUT2D eigenvalue weighted by molar-refractivity contribution is -0.122. The number of rotatable bonds is 1. The van der Waals surface area contributed by atoms with Gasteiger partial charge in [-0.15, -0.1) is 0 Å². The molecule has 13 heavy (non-hydrogen) atoms. The summed E-state index contributed by atoms with van der Waals surface area (Å²) in [7, 11) is 0. The molecule has 1 N–H and O–H groups in total. The van der Waals surface area contributed by atoms with E-state index in [-0.39, 0.29) is 5.91 Å². The van der Waals surface area contributed by atoms with Crippen molar-refractivity contribution in [3.05, 3.63) is 24.3 Å². The third-order valence-electron chi connectivity index (χ3n) is 1.85. The van der Waals surface area contributed by atoms with Crippen molar-refractivity contribution in [1.82, 2.24) is 0 Å². The van der Waals surface area contributed by atoms with Crippen LogP contribution < -0.4 is 10.1 Å². The predicted molar refractivity (Wildman–Crippen MR) is 53.3 cm³/mol. The molecule has 0 radical (unpaired) electrons. The number of hydrogen-bond acceptors (Lipinski definition) is 2. The number of alkyl halides is 1. The van der Waals surface area contributed by atoms with Crippen molar-refractivity contribution in [2.45, 2.75) is 6.10 Å². The number of hydrogen-bond donors (Lipinski definition) is 1. The maximum absolute atomic E-state index is 11.3. The molecule has 3 nitrogen and oxygen atoms in total. The van der Waals surface area contributed by atoms with Crippen molar-refractivity contribution in [3.63, 3.8) is 0 Å². The lowest BCUT2D eigenvalue weighted by atomic mass is 10.2. The Morgan fingerprint density at radius 1 is 1.46 bits per heavy atom. The van der Waals surface area contributed by atoms with Crippen LogP contribution in [-0.4, -0.2) is 17.3 Å². The fourth-order valence-corrected chi connectivity index (χ4v) is 1.62. The highest BCUT2D eigenvalue weighted by molar-refractivity contribution is 9.09. The standard InChI is InChI=1S/C9H8BrNO2/c10-5-8-9(12)11-6-3-1-2-4-7(6)13-8/h1-4,8H,5H2,(H,11,12). The van der Waals surface area contributed by atoms with E-state index in [9.17, 15) is 4.79 Å². The maximum Gasteiger partial charge on any atom is 0.266 e. The van der Waals surface area contributed by atoms with Crippen LogP contribution in [0.15, 0.2) is 24.3 Å². The average molecular weight is 242 g/mol. The minimum atomic E-state index is -0.421. The molecule has 0 fully saturated rings. The zero-order valence-corrected chi connectivity index (χ0v) is 8.37. The lowest BCUT2D eigenvalue weighted by Crippen LogP contribution is -2.37. The number of benzene rings is 1. The maximum atomic E-state index is 11.3. The Morgan fingerprint density at radius 3 is 3.00 bits per heavy atom. The molecule has 0 bridgehead atoms. The van der Waals surface area contributed by atoms with E-state index < -0.39 is 6.10 Å². The van der Waals surface area contributed by atoms with Crippen LogP contribution in [0, 0.1) is 0 Å². The van der Waals surface area contributed by atoms with Gasteiger partial charge in [0.2, 0.25) is 0 Å². The summed E-state index contributed by atoms with van der Waals surface area (Å²) in [6, 6.07) is 7.39. The van der Waals surface area contributed by atoms with Crippen LogP contribution in [0.2, 0.25) is 0 Å². The first-order valence-corrected chi connectivity index (χ1v) is 5.06. The van der Waals surface area contributed by atoms with E-state index in [1.165, 1.54) is 0 Å². The summed E-state index contributed by atoms with van der Waals surface area (Å²) in [6.07, 6.45) is -0.421. The second-order valence-electron chi connectivity index (χ2n) is 2.75. The van der Waals surface area contributed by atoms with Crippen LogP contribution in [-0.2, 0) is 4.79 Å². The second kappa shape index (κ2) is 3.38. The number of fused-ring (bicyclic) bond motifs is 1. The van der Waals surface area contributed by atoms with E-state index in [1.54, 1.807) is 0 Å². The molecule has 1 aromatic carbocycles. The van der Waals surface area contributed by atoms with Gasteiger partial charge in [0.1, 0.15) is 5.75 Å². The largest absolute Gasteiger partial charge is 0.478 e. The molecule has 1 aliphatic rings. The van der Waals surface area contributed by atoms with Crippen LogP contribution in [0.25, 0.3) is 0 Å². The minimum Gasteiger partial charge on any atom is -0.478 e. The average Bonchev–Trinajstić information content (AvgIpc) is 2.17. The molecule has 0 aliphatic carbocycles. The molecule has 0 spiro atoms. The third-order valence-corrected chi connectivity index (χ3v) is 2.43. The molecule has 1 heterocycles. The highest BCUT2D eigenvalue weighted by Gasteiger charge is 2.25. The summed E-state index contributed by atoms with van der Waals surface area (Å²) in [4.78, 5) is 11.3. The number of para-hydroxylation sites is 2. The fourth-order valence-electron chi connectivity index (χ4n) is 1.19. The van der Waals surface area contributed by atoms with Crippen LogP contribution in [0.3, 0.4) is 0 Å².